The quantitative estimate of drug-likeness (QED) is 0.784. The summed E-state index contributed by atoms with van der Waals surface area (Å²) in [6, 6.07) is 5.71. The molecule has 3 rings (SSSR count). The molecule has 2 aromatic rings. The molecule has 0 fully saturated rings. The van der Waals surface area contributed by atoms with Crippen LogP contribution in [-0.4, -0.2) is 9.55 Å². The van der Waals surface area contributed by atoms with E-state index < -0.39 is 0 Å². The van der Waals surface area contributed by atoms with Gasteiger partial charge in [-0.25, -0.2) is 4.98 Å². The first-order valence-electron chi connectivity index (χ1n) is 6.66. The third kappa shape index (κ3) is 1.99. The van der Waals surface area contributed by atoms with Gasteiger partial charge in [-0.2, -0.15) is 0 Å². The van der Waals surface area contributed by atoms with E-state index in [1.807, 2.05) is 22.8 Å². The maximum Gasteiger partial charge on any atom is 0.261 e. The number of aromatic nitrogens is 2. The molecule has 3 heteroatoms. The molecular weight excluding hydrogens is 236 g/mol. The molecular formula is C16H18N2O. The van der Waals surface area contributed by atoms with Gasteiger partial charge in [-0.1, -0.05) is 32.6 Å². The fourth-order valence-electron chi connectivity index (χ4n) is 2.72. The maximum absolute atomic E-state index is 12.6. The highest BCUT2D eigenvalue weighted by Gasteiger charge is 2.27. The van der Waals surface area contributed by atoms with Gasteiger partial charge in [-0.05, 0) is 29.5 Å². The molecule has 1 aromatic carbocycles. The Hall–Kier alpha value is -1.90. The Morgan fingerprint density at radius 3 is 2.95 bits per heavy atom. The van der Waals surface area contributed by atoms with Crippen LogP contribution in [0.25, 0.3) is 17.0 Å². The van der Waals surface area contributed by atoms with Crippen molar-refractivity contribution in [2.24, 2.45) is 5.41 Å². The Balaban J connectivity index is 2.28. The van der Waals surface area contributed by atoms with Gasteiger partial charge in [0.15, 0.2) is 0 Å². The number of nitrogens with zero attached hydrogens (tertiary/aromatic N) is 2. The van der Waals surface area contributed by atoms with E-state index in [4.69, 9.17) is 0 Å². The van der Waals surface area contributed by atoms with Crippen LogP contribution in [0.2, 0.25) is 0 Å². The molecule has 1 aliphatic rings. The normalized spacial score (nSPS) is 17.2. The van der Waals surface area contributed by atoms with Crippen molar-refractivity contribution in [3.63, 3.8) is 0 Å². The summed E-state index contributed by atoms with van der Waals surface area (Å²) in [6.07, 6.45) is 3.73. The number of hydrogen-bond donors (Lipinski definition) is 0. The van der Waals surface area contributed by atoms with Crippen molar-refractivity contribution in [3.05, 3.63) is 46.5 Å². The average Bonchev–Trinajstić information content (AvgIpc) is 2.39. The number of rotatable bonds is 1. The molecule has 1 aromatic heterocycles. The predicted molar refractivity (Wildman–Crippen MR) is 78.2 cm³/mol. The van der Waals surface area contributed by atoms with Gasteiger partial charge >= 0.3 is 0 Å². The van der Waals surface area contributed by atoms with Gasteiger partial charge < -0.3 is 0 Å². The van der Waals surface area contributed by atoms with Gasteiger partial charge in [0.2, 0.25) is 0 Å². The minimum Gasteiger partial charge on any atom is -0.296 e. The van der Waals surface area contributed by atoms with E-state index in [0.717, 1.165) is 36.3 Å². The molecule has 1 aliphatic heterocycles. The summed E-state index contributed by atoms with van der Waals surface area (Å²) in [5.74, 6) is 0.915. The molecule has 0 aliphatic carbocycles. The zero-order valence-electron chi connectivity index (χ0n) is 11.4. The van der Waals surface area contributed by atoms with Crippen molar-refractivity contribution >= 4 is 17.0 Å². The summed E-state index contributed by atoms with van der Waals surface area (Å²) >= 11 is 0. The Bertz CT molecular complexity index is 725. The average molecular weight is 254 g/mol. The third-order valence-corrected chi connectivity index (χ3v) is 3.91. The predicted octanol–water partition coefficient (Wildman–Crippen LogP) is 3.01. The minimum atomic E-state index is 0.0865. The van der Waals surface area contributed by atoms with E-state index >= 15 is 0 Å². The van der Waals surface area contributed by atoms with Crippen LogP contribution in [0.1, 0.15) is 31.7 Å². The monoisotopic (exact) mass is 254 g/mol. The first kappa shape index (κ1) is 12.2. The molecule has 0 amide bonds. The highest BCUT2D eigenvalue weighted by Crippen LogP contribution is 2.29. The number of hydrogen-bond acceptors (Lipinski definition) is 2. The lowest BCUT2D eigenvalue weighted by atomic mass is 9.85. The molecule has 0 spiro atoms. The van der Waals surface area contributed by atoms with E-state index in [-0.39, 0.29) is 11.0 Å². The molecule has 0 unspecified atom stereocenters. The summed E-state index contributed by atoms with van der Waals surface area (Å²) in [5.41, 5.74) is 2.05. The van der Waals surface area contributed by atoms with Crippen molar-refractivity contribution in [1.29, 1.82) is 0 Å². The van der Waals surface area contributed by atoms with E-state index in [1.54, 1.807) is 6.08 Å². The van der Waals surface area contributed by atoms with Crippen molar-refractivity contribution in [2.75, 3.05) is 0 Å². The molecule has 19 heavy (non-hydrogen) atoms. The number of fused-ring (bicyclic) bond motifs is 2. The summed E-state index contributed by atoms with van der Waals surface area (Å²) in [7, 11) is 0. The molecule has 2 heterocycles. The number of aryl methyl sites for hydroxylation is 1. The van der Waals surface area contributed by atoms with Crippen LogP contribution in [0.5, 0.6) is 0 Å². The second-order valence-corrected chi connectivity index (χ2v) is 6.06. The molecule has 3 nitrogen and oxygen atoms in total. The highest BCUT2D eigenvalue weighted by molar-refractivity contribution is 5.80. The van der Waals surface area contributed by atoms with Crippen LogP contribution in [-0.2, 0) is 13.0 Å². The summed E-state index contributed by atoms with van der Waals surface area (Å²) in [5, 5.41) is 0.701. The Labute approximate surface area is 112 Å². The SMILES string of the molecule is C=Cc1ccc2c(=O)n3c(nc2c1)CCC(C)(C)C3. The molecule has 98 valence electrons. The summed E-state index contributed by atoms with van der Waals surface area (Å²) < 4.78 is 1.85. The zero-order valence-corrected chi connectivity index (χ0v) is 11.4. The maximum atomic E-state index is 12.6. The van der Waals surface area contributed by atoms with Crippen molar-refractivity contribution in [3.8, 4) is 0 Å². The summed E-state index contributed by atoms with van der Waals surface area (Å²) in [6.45, 7) is 8.92. The van der Waals surface area contributed by atoms with E-state index in [0.29, 0.717) is 5.39 Å². The van der Waals surface area contributed by atoms with Crippen LogP contribution in [0, 0.1) is 5.41 Å². The number of benzene rings is 1. The topological polar surface area (TPSA) is 34.9 Å². The Morgan fingerprint density at radius 2 is 2.21 bits per heavy atom. The van der Waals surface area contributed by atoms with Gasteiger partial charge in [0.25, 0.3) is 5.56 Å². The Kier molecular flexibility index (Phi) is 2.59. The van der Waals surface area contributed by atoms with Crippen molar-refractivity contribution in [1.82, 2.24) is 9.55 Å². The molecule has 0 atom stereocenters. The fourth-order valence-corrected chi connectivity index (χ4v) is 2.72. The van der Waals surface area contributed by atoms with Crippen molar-refractivity contribution < 1.29 is 0 Å². The molecule has 0 N–H and O–H groups in total. The first-order chi connectivity index (χ1) is 9.00. The zero-order chi connectivity index (χ0) is 13.6. The lowest BCUT2D eigenvalue weighted by Crippen LogP contribution is -2.36. The Morgan fingerprint density at radius 1 is 1.42 bits per heavy atom. The van der Waals surface area contributed by atoms with Gasteiger partial charge in [0.05, 0.1) is 10.9 Å². The molecule has 0 radical (unpaired) electrons. The largest absolute Gasteiger partial charge is 0.296 e. The van der Waals surface area contributed by atoms with Gasteiger partial charge in [-0.15, -0.1) is 0 Å². The standard InChI is InChI=1S/C16H18N2O/c1-4-11-5-6-12-13(9-11)17-14-7-8-16(2,3)10-18(14)15(12)19/h4-6,9H,1,7-8,10H2,2-3H3. The van der Waals surface area contributed by atoms with Gasteiger partial charge in [0.1, 0.15) is 5.82 Å². The van der Waals surface area contributed by atoms with Gasteiger partial charge in [0, 0.05) is 13.0 Å². The lowest BCUT2D eigenvalue weighted by Gasteiger charge is -2.31. The molecule has 0 bridgehead atoms. The summed E-state index contributed by atoms with van der Waals surface area (Å²) in [4.78, 5) is 17.2. The lowest BCUT2D eigenvalue weighted by molar-refractivity contribution is 0.240. The second-order valence-electron chi connectivity index (χ2n) is 6.06. The minimum absolute atomic E-state index is 0.0865. The van der Waals surface area contributed by atoms with Crippen molar-refractivity contribution in [2.45, 2.75) is 33.2 Å². The van der Waals surface area contributed by atoms with Gasteiger partial charge in [-0.3, -0.25) is 9.36 Å². The smallest absolute Gasteiger partial charge is 0.261 e. The first-order valence-corrected chi connectivity index (χ1v) is 6.66. The van der Waals surface area contributed by atoms with Crippen LogP contribution in [0.4, 0.5) is 0 Å². The van der Waals surface area contributed by atoms with E-state index in [9.17, 15) is 4.79 Å². The fraction of sp³-hybridized carbons (Fsp3) is 0.375. The third-order valence-electron chi connectivity index (χ3n) is 3.91. The van der Waals surface area contributed by atoms with E-state index in [2.05, 4.69) is 25.4 Å². The van der Waals surface area contributed by atoms with Crippen LogP contribution < -0.4 is 5.56 Å². The van der Waals surface area contributed by atoms with Crippen LogP contribution >= 0.6 is 0 Å². The molecule has 0 saturated carbocycles. The highest BCUT2D eigenvalue weighted by atomic mass is 16.1. The molecule has 0 saturated heterocycles. The second kappa shape index (κ2) is 4.05. The van der Waals surface area contributed by atoms with Crippen LogP contribution in [0.15, 0.2) is 29.6 Å². The van der Waals surface area contributed by atoms with E-state index in [1.165, 1.54) is 0 Å². The van der Waals surface area contributed by atoms with Crippen LogP contribution in [0.3, 0.4) is 0 Å².